The maximum atomic E-state index is 14.1. The van der Waals surface area contributed by atoms with E-state index >= 15 is 0 Å². The first kappa shape index (κ1) is 14.7. The lowest BCUT2D eigenvalue weighted by Crippen LogP contribution is -2.41. The number of methoxy groups -OCH3 is 1. The smallest absolute Gasteiger partial charge is 0.254 e. The summed E-state index contributed by atoms with van der Waals surface area (Å²) >= 11 is 0. The molecule has 1 amide bonds. The van der Waals surface area contributed by atoms with Gasteiger partial charge in [-0.3, -0.25) is 4.79 Å². The Hall–Kier alpha value is -1.69. The largest absolute Gasteiger partial charge is 0.379 e. The lowest BCUT2D eigenvalue weighted by Gasteiger charge is -2.20. The highest BCUT2D eigenvalue weighted by Gasteiger charge is 2.29. The number of hydrogen-bond donors (Lipinski definition) is 2. The standard InChI is InChI=1S/C14H20FN3O2/c1-3-16-13-12(15)9(7-8-17-13)14(19)18-10-5-4-6-11(10)20-2/h7-8,10-11H,3-6H2,1-2H3,(H,16,17)(H,18,19). The van der Waals surface area contributed by atoms with E-state index in [0.29, 0.717) is 6.54 Å². The Labute approximate surface area is 117 Å². The molecule has 1 aromatic heterocycles. The maximum absolute atomic E-state index is 14.1. The minimum absolute atomic E-state index is 0.0112. The number of halogens is 1. The van der Waals surface area contributed by atoms with Gasteiger partial charge in [-0.15, -0.1) is 0 Å². The van der Waals surface area contributed by atoms with Crippen molar-refractivity contribution in [3.63, 3.8) is 0 Å². The molecule has 0 bridgehead atoms. The van der Waals surface area contributed by atoms with Crippen LogP contribution in [-0.4, -0.2) is 36.7 Å². The van der Waals surface area contributed by atoms with Gasteiger partial charge in [0, 0.05) is 19.9 Å². The molecule has 6 heteroatoms. The Balaban J connectivity index is 2.11. The molecule has 1 aliphatic rings. The van der Waals surface area contributed by atoms with Crippen LogP contribution < -0.4 is 10.6 Å². The molecule has 0 aliphatic heterocycles. The predicted octanol–water partition coefficient (Wildman–Crippen LogP) is 1.95. The van der Waals surface area contributed by atoms with Crippen LogP contribution in [0.3, 0.4) is 0 Å². The van der Waals surface area contributed by atoms with Gasteiger partial charge in [0.25, 0.3) is 5.91 Å². The quantitative estimate of drug-likeness (QED) is 0.866. The summed E-state index contributed by atoms with van der Waals surface area (Å²) < 4.78 is 19.5. The molecule has 2 rings (SSSR count). The van der Waals surface area contributed by atoms with Gasteiger partial charge in [-0.25, -0.2) is 9.37 Å². The number of anilines is 1. The van der Waals surface area contributed by atoms with Crippen molar-refractivity contribution in [3.8, 4) is 0 Å². The van der Waals surface area contributed by atoms with Crippen LogP contribution >= 0.6 is 0 Å². The van der Waals surface area contributed by atoms with Crippen molar-refractivity contribution >= 4 is 11.7 Å². The zero-order chi connectivity index (χ0) is 14.5. The molecule has 20 heavy (non-hydrogen) atoms. The summed E-state index contributed by atoms with van der Waals surface area (Å²) in [6.45, 7) is 2.39. The first-order valence-corrected chi connectivity index (χ1v) is 6.89. The molecule has 1 aliphatic carbocycles. The zero-order valence-electron chi connectivity index (χ0n) is 11.8. The number of rotatable bonds is 5. The normalized spacial score (nSPS) is 21.8. The Bertz CT molecular complexity index is 481. The van der Waals surface area contributed by atoms with Gasteiger partial charge in [-0.05, 0) is 32.3 Å². The second kappa shape index (κ2) is 6.65. The molecule has 0 saturated heterocycles. The van der Waals surface area contributed by atoms with Gasteiger partial charge in [0.2, 0.25) is 0 Å². The monoisotopic (exact) mass is 281 g/mol. The summed E-state index contributed by atoms with van der Waals surface area (Å²) in [5, 5.41) is 5.64. The van der Waals surface area contributed by atoms with E-state index in [9.17, 15) is 9.18 Å². The molecular formula is C14H20FN3O2. The number of nitrogens with zero attached hydrogens (tertiary/aromatic N) is 1. The minimum atomic E-state index is -0.612. The number of pyridine rings is 1. The molecule has 2 N–H and O–H groups in total. The van der Waals surface area contributed by atoms with Crippen LogP contribution in [-0.2, 0) is 4.74 Å². The molecule has 1 fully saturated rings. The molecule has 110 valence electrons. The lowest BCUT2D eigenvalue weighted by atomic mass is 10.1. The van der Waals surface area contributed by atoms with Crippen LogP contribution in [0, 0.1) is 5.82 Å². The van der Waals surface area contributed by atoms with Crippen LogP contribution in [0.5, 0.6) is 0 Å². The molecule has 1 heterocycles. The van der Waals surface area contributed by atoms with Gasteiger partial charge in [-0.2, -0.15) is 0 Å². The highest BCUT2D eigenvalue weighted by atomic mass is 19.1. The Kier molecular flexibility index (Phi) is 4.89. The van der Waals surface area contributed by atoms with Crippen LogP contribution in [0.2, 0.25) is 0 Å². The van der Waals surface area contributed by atoms with Crippen molar-refractivity contribution in [2.45, 2.75) is 38.3 Å². The van der Waals surface area contributed by atoms with Gasteiger partial charge in [0.1, 0.15) is 0 Å². The third-order valence-corrected chi connectivity index (χ3v) is 3.55. The topological polar surface area (TPSA) is 63.2 Å². The van der Waals surface area contributed by atoms with Crippen molar-refractivity contribution < 1.29 is 13.9 Å². The van der Waals surface area contributed by atoms with Gasteiger partial charge >= 0.3 is 0 Å². The molecular weight excluding hydrogens is 261 g/mol. The molecule has 0 radical (unpaired) electrons. The maximum Gasteiger partial charge on any atom is 0.254 e. The molecule has 1 saturated carbocycles. The predicted molar refractivity (Wildman–Crippen MR) is 74.3 cm³/mol. The number of aromatic nitrogens is 1. The van der Waals surface area contributed by atoms with E-state index in [-0.39, 0.29) is 23.5 Å². The third-order valence-electron chi connectivity index (χ3n) is 3.55. The van der Waals surface area contributed by atoms with Crippen LogP contribution in [0.1, 0.15) is 36.5 Å². The number of ether oxygens (including phenoxy) is 1. The molecule has 0 spiro atoms. The van der Waals surface area contributed by atoms with E-state index in [1.54, 1.807) is 7.11 Å². The van der Waals surface area contributed by atoms with E-state index in [0.717, 1.165) is 19.3 Å². The van der Waals surface area contributed by atoms with Crippen LogP contribution in [0.15, 0.2) is 12.3 Å². The van der Waals surface area contributed by atoms with Crippen molar-refractivity contribution in [2.24, 2.45) is 0 Å². The second-order valence-corrected chi connectivity index (χ2v) is 4.84. The fourth-order valence-corrected chi connectivity index (χ4v) is 2.53. The minimum Gasteiger partial charge on any atom is -0.379 e. The highest BCUT2D eigenvalue weighted by molar-refractivity contribution is 5.95. The summed E-state index contributed by atoms with van der Waals surface area (Å²) in [5.41, 5.74) is 0.0118. The van der Waals surface area contributed by atoms with Crippen molar-refractivity contribution in [1.29, 1.82) is 0 Å². The Morgan fingerprint density at radius 2 is 2.35 bits per heavy atom. The number of nitrogens with one attached hydrogen (secondary N) is 2. The zero-order valence-corrected chi connectivity index (χ0v) is 11.8. The van der Waals surface area contributed by atoms with E-state index in [1.165, 1.54) is 12.3 Å². The lowest BCUT2D eigenvalue weighted by molar-refractivity contribution is 0.0720. The number of hydrogen-bond acceptors (Lipinski definition) is 4. The van der Waals surface area contributed by atoms with Gasteiger partial charge in [0.15, 0.2) is 11.6 Å². The SMILES string of the molecule is CCNc1nccc(C(=O)NC2CCCC2OC)c1F. The van der Waals surface area contributed by atoms with Crippen LogP contribution in [0.25, 0.3) is 0 Å². The Morgan fingerprint density at radius 1 is 1.55 bits per heavy atom. The van der Waals surface area contributed by atoms with E-state index in [4.69, 9.17) is 4.74 Å². The summed E-state index contributed by atoms with van der Waals surface area (Å²) in [6, 6.07) is 1.34. The van der Waals surface area contributed by atoms with E-state index in [2.05, 4.69) is 15.6 Å². The van der Waals surface area contributed by atoms with Crippen molar-refractivity contribution in [3.05, 3.63) is 23.6 Å². The second-order valence-electron chi connectivity index (χ2n) is 4.84. The number of carbonyl (C=O) groups is 1. The van der Waals surface area contributed by atoms with Gasteiger partial charge in [0.05, 0.1) is 17.7 Å². The molecule has 0 aromatic carbocycles. The summed E-state index contributed by atoms with van der Waals surface area (Å²) in [6.07, 6.45) is 4.22. The average molecular weight is 281 g/mol. The fraction of sp³-hybridized carbons (Fsp3) is 0.571. The first-order chi connectivity index (χ1) is 9.67. The van der Waals surface area contributed by atoms with E-state index in [1.807, 2.05) is 6.92 Å². The summed E-state index contributed by atoms with van der Waals surface area (Å²) in [5.74, 6) is -0.924. The summed E-state index contributed by atoms with van der Waals surface area (Å²) in [4.78, 5) is 16.1. The summed E-state index contributed by atoms with van der Waals surface area (Å²) in [7, 11) is 1.63. The molecule has 2 unspecified atom stereocenters. The molecule has 5 nitrogen and oxygen atoms in total. The first-order valence-electron chi connectivity index (χ1n) is 6.89. The van der Waals surface area contributed by atoms with Crippen molar-refractivity contribution in [2.75, 3.05) is 19.0 Å². The fourth-order valence-electron chi connectivity index (χ4n) is 2.53. The molecule has 2 atom stereocenters. The highest BCUT2D eigenvalue weighted by Crippen LogP contribution is 2.22. The van der Waals surface area contributed by atoms with Gasteiger partial charge in [-0.1, -0.05) is 0 Å². The number of carbonyl (C=O) groups excluding carboxylic acids is 1. The molecule has 1 aromatic rings. The third kappa shape index (κ3) is 3.07. The van der Waals surface area contributed by atoms with Crippen LogP contribution in [0.4, 0.5) is 10.2 Å². The number of amides is 1. The average Bonchev–Trinajstić information content (AvgIpc) is 2.88. The van der Waals surface area contributed by atoms with Gasteiger partial charge < -0.3 is 15.4 Å². The van der Waals surface area contributed by atoms with E-state index < -0.39 is 11.7 Å². The Morgan fingerprint density at radius 3 is 3.05 bits per heavy atom. The van der Waals surface area contributed by atoms with Crippen molar-refractivity contribution in [1.82, 2.24) is 10.3 Å².